The van der Waals surface area contributed by atoms with Crippen LogP contribution in [0.4, 0.5) is 5.82 Å². The van der Waals surface area contributed by atoms with Crippen molar-refractivity contribution in [1.29, 1.82) is 0 Å². The van der Waals surface area contributed by atoms with E-state index in [-0.39, 0.29) is 4.90 Å². The number of methoxy groups -OCH3 is 1. The van der Waals surface area contributed by atoms with E-state index in [0.717, 1.165) is 11.4 Å². The second-order valence-electron chi connectivity index (χ2n) is 5.63. The van der Waals surface area contributed by atoms with Crippen LogP contribution in [0.3, 0.4) is 0 Å². The smallest absolute Gasteiger partial charge is 0.246 e. The number of nitrogens with zero attached hydrogens (tertiary/aromatic N) is 4. The normalized spacial score (nSPS) is 16.2. The van der Waals surface area contributed by atoms with Crippen molar-refractivity contribution >= 4 is 15.8 Å². The van der Waals surface area contributed by atoms with E-state index in [2.05, 4.69) is 10.2 Å². The molecule has 0 amide bonds. The zero-order valence-electron chi connectivity index (χ0n) is 13.7. The molecule has 0 atom stereocenters. The molecule has 1 saturated heterocycles. The van der Waals surface area contributed by atoms with E-state index < -0.39 is 10.0 Å². The van der Waals surface area contributed by atoms with Crippen LogP contribution >= 0.6 is 0 Å². The van der Waals surface area contributed by atoms with Crippen LogP contribution in [0.1, 0.15) is 5.56 Å². The summed E-state index contributed by atoms with van der Waals surface area (Å²) in [5, 5.41) is 7.94. The van der Waals surface area contributed by atoms with E-state index in [4.69, 9.17) is 4.74 Å². The Hall–Kier alpha value is -2.19. The minimum atomic E-state index is -3.59. The van der Waals surface area contributed by atoms with Gasteiger partial charge in [0.05, 0.1) is 7.11 Å². The van der Waals surface area contributed by atoms with Gasteiger partial charge in [0, 0.05) is 32.4 Å². The Kier molecular flexibility index (Phi) is 4.68. The third-order valence-electron chi connectivity index (χ3n) is 4.06. The Morgan fingerprint density at radius 2 is 1.88 bits per heavy atom. The van der Waals surface area contributed by atoms with Crippen LogP contribution in [0.25, 0.3) is 0 Å². The zero-order valence-corrected chi connectivity index (χ0v) is 14.5. The summed E-state index contributed by atoms with van der Waals surface area (Å²) in [6, 6.07) is 8.88. The first-order chi connectivity index (χ1) is 11.5. The lowest BCUT2D eigenvalue weighted by atomic mass is 10.2. The van der Waals surface area contributed by atoms with Gasteiger partial charge in [-0.25, -0.2) is 8.42 Å². The molecule has 0 radical (unpaired) electrons. The topological polar surface area (TPSA) is 75.6 Å². The Morgan fingerprint density at radius 3 is 2.50 bits per heavy atom. The van der Waals surface area contributed by atoms with Gasteiger partial charge in [-0.2, -0.15) is 9.40 Å². The molecule has 0 saturated carbocycles. The van der Waals surface area contributed by atoms with E-state index >= 15 is 0 Å². The molecule has 2 heterocycles. The van der Waals surface area contributed by atoms with E-state index in [1.165, 1.54) is 11.4 Å². The van der Waals surface area contributed by atoms with Crippen LogP contribution < -0.4 is 9.64 Å². The molecule has 8 heteroatoms. The second kappa shape index (κ2) is 6.74. The first-order valence-corrected chi connectivity index (χ1v) is 9.14. The molecule has 0 spiro atoms. The Bertz CT molecular complexity index is 803. The molecular formula is C16H20N4O3S. The summed E-state index contributed by atoms with van der Waals surface area (Å²) in [6.07, 6.45) is 1.62. The molecule has 0 aliphatic carbocycles. The number of sulfonamides is 1. The highest BCUT2D eigenvalue weighted by atomic mass is 32.2. The minimum Gasteiger partial charge on any atom is -0.495 e. The van der Waals surface area contributed by atoms with Gasteiger partial charge < -0.3 is 9.64 Å². The fourth-order valence-electron chi connectivity index (χ4n) is 2.74. The summed E-state index contributed by atoms with van der Waals surface area (Å²) in [5.74, 6) is 1.14. The van der Waals surface area contributed by atoms with E-state index in [0.29, 0.717) is 31.9 Å². The molecule has 24 heavy (non-hydrogen) atoms. The molecule has 1 aliphatic rings. The highest BCUT2D eigenvalue weighted by molar-refractivity contribution is 7.89. The monoisotopic (exact) mass is 348 g/mol. The summed E-state index contributed by atoms with van der Waals surface area (Å²) >= 11 is 0. The van der Waals surface area contributed by atoms with Crippen molar-refractivity contribution in [3.05, 3.63) is 42.1 Å². The average molecular weight is 348 g/mol. The number of ether oxygens (including phenoxy) is 1. The van der Waals surface area contributed by atoms with Gasteiger partial charge >= 0.3 is 0 Å². The largest absolute Gasteiger partial charge is 0.495 e. The molecule has 128 valence electrons. The first kappa shape index (κ1) is 16.7. The summed E-state index contributed by atoms with van der Waals surface area (Å²) in [6.45, 7) is 3.81. The number of hydrogen-bond donors (Lipinski definition) is 0. The molecule has 0 N–H and O–H groups in total. The van der Waals surface area contributed by atoms with Gasteiger partial charge in [-0.05, 0) is 36.8 Å². The Labute approximate surface area is 141 Å². The molecule has 0 bridgehead atoms. The van der Waals surface area contributed by atoms with Gasteiger partial charge in [0.2, 0.25) is 10.0 Å². The Balaban J connectivity index is 1.79. The Morgan fingerprint density at radius 1 is 1.12 bits per heavy atom. The van der Waals surface area contributed by atoms with Gasteiger partial charge in [-0.15, -0.1) is 5.10 Å². The zero-order chi connectivity index (χ0) is 17.2. The van der Waals surface area contributed by atoms with Crippen molar-refractivity contribution in [2.24, 2.45) is 0 Å². The highest BCUT2D eigenvalue weighted by Crippen LogP contribution is 2.28. The second-order valence-corrected chi connectivity index (χ2v) is 7.53. The van der Waals surface area contributed by atoms with Crippen LogP contribution in [0.5, 0.6) is 5.75 Å². The molecule has 2 aromatic rings. The predicted molar refractivity (Wildman–Crippen MR) is 90.7 cm³/mol. The summed E-state index contributed by atoms with van der Waals surface area (Å²) < 4.78 is 32.7. The van der Waals surface area contributed by atoms with Crippen LogP contribution in [-0.2, 0) is 10.0 Å². The molecule has 1 aromatic carbocycles. The van der Waals surface area contributed by atoms with E-state index in [1.807, 2.05) is 30.0 Å². The van der Waals surface area contributed by atoms with Gasteiger partial charge in [0.1, 0.15) is 10.6 Å². The van der Waals surface area contributed by atoms with Crippen LogP contribution in [0.2, 0.25) is 0 Å². The van der Waals surface area contributed by atoms with Crippen LogP contribution in [-0.4, -0.2) is 56.2 Å². The maximum absolute atomic E-state index is 13.0. The van der Waals surface area contributed by atoms with Gasteiger partial charge in [-0.1, -0.05) is 6.07 Å². The number of benzene rings is 1. The van der Waals surface area contributed by atoms with Crippen molar-refractivity contribution in [3.8, 4) is 5.75 Å². The summed E-state index contributed by atoms with van der Waals surface area (Å²) in [4.78, 5) is 2.25. The summed E-state index contributed by atoms with van der Waals surface area (Å²) in [7, 11) is -2.11. The maximum atomic E-state index is 13.0. The average Bonchev–Trinajstić information content (AvgIpc) is 2.62. The lowest BCUT2D eigenvalue weighted by Gasteiger charge is -2.34. The van der Waals surface area contributed by atoms with Gasteiger partial charge in [-0.3, -0.25) is 0 Å². The lowest BCUT2D eigenvalue weighted by Crippen LogP contribution is -2.49. The predicted octanol–water partition coefficient (Wildman–Crippen LogP) is 1.30. The standard InChI is InChI=1S/C16H20N4O3S/c1-13-5-6-14(23-2)15(12-13)24(21,22)20-10-8-19(9-11-20)16-4-3-7-17-18-16/h3-7,12H,8-11H2,1-2H3. The van der Waals surface area contributed by atoms with Crippen molar-refractivity contribution in [3.63, 3.8) is 0 Å². The molecule has 3 rings (SSSR count). The highest BCUT2D eigenvalue weighted by Gasteiger charge is 2.31. The quantitative estimate of drug-likeness (QED) is 0.829. The number of piperazine rings is 1. The lowest BCUT2D eigenvalue weighted by molar-refractivity contribution is 0.373. The third-order valence-corrected chi connectivity index (χ3v) is 5.98. The van der Waals surface area contributed by atoms with Crippen molar-refractivity contribution < 1.29 is 13.2 Å². The SMILES string of the molecule is COc1ccc(C)cc1S(=O)(=O)N1CCN(c2cccnn2)CC1. The number of anilines is 1. The molecule has 7 nitrogen and oxygen atoms in total. The fraction of sp³-hybridized carbons (Fsp3) is 0.375. The maximum Gasteiger partial charge on any atom is 0.246 e. The number of hydrogen-bond acceptors (Lipinski definition) is 6. The molecule has 1 aliphatic heterocycles. The number of aryl methyl sites for hydroxylation is 1. The van der Waals surface area contributed by atoms with Crippen molar-refractivity contribution in [2.45, 2.75) is 11.8 Å². The molecule has 1 aromatic heterocycles. The fourth-order valence-corrected chi connectivity index (χ4v) is 4.41. The van der Waals surface area contributed by atoms with Gasteiger partial charge in [0.25, 0.3) is 0 Å². The van der Waals surface area contributed by atoms with Crippen molar-refractivity contribution in [2.75, 3.05) is 38.2 Å². The molecule has 1 fully saturated rings. The van der Waals surface area contributed by atoms with Crippen LogP contribution in [0, 0.1) is 6.92 Å². The van der Waals surface area contributed by atoms with E-state index in [9.17, 15) is 8.42 Å². The van der Waals surface area contributed by atoms with Gasteiger partial charge in [0.15, 0.2) is 5.82 Å². The van der Waals surface area contributed by atoms with E-state index in [1.54, 1.807) is 18.3 Å². The summed E-state index contributed by atoms with van der Waals surface area (Å²) in [5.41, 5.74) is 0.882. The number of aromatic nitrogens is 2. The van der Waals surface area contributed by atoms with Crippen molar-refractivity contribution in [1.82, 2.24) is 14.5 Å². The molecule has 0 unspecified atom stereocenters. The first-order valence-electron chi connectivity index (χ1n) is 7.70. The van der Waals surface area contributed by atoms with Crippen LogP contribution in [0.15, 0.2) is 41.4 Å². The molecular weight excluding hydrogens is 328 g/mol. The third kappa shape index (κ3) is 3.20. The minimum absolute atomic E-state index is 0.220. The number of rotatable bonds is 4.